The summed E-state index contributed by atoms with van der Waals surface area (Å²) in [5.41, 5.74) is 0. The van der Waals surface area contributed by atoms with E-state index in [-0.39, 0.29) is 6.04 Å². The van der Waals surface area contributed by atoms with Crippen molar-refractivity contribution in [1.82, 2.24) is 14.3 Å². The third-order valence-electron chi connectivity index (χ3n) is 4.16. The van der Waals surface area contributed by atoms with E-state index in [1.807, 2.05) is 0 Å². The minimum atomic E-state index is -3.31. The number of nitrogens with one attached hydrogen (secondary N) is 2. The molecule has 2 rings (SSSR count). The van der Waals surface area contributed by atoms with Gasteiger partial charge in [0.1, 0.15) is 0 Å². The number of nitrogens with zero attached hydrogens (tertiary/aromatic N) is 1. The second-order valence-corrected chi connectivity index (χ2v) is 8.42. The van der Waals surface area contributed by atoms with Crippen molar-refractivity contribution >= 4 is 10.2 Å². The van der Waals surface area contributed by atoms with Crippen molar-refractivity contribution in [3.8, 4) is 0 Å². The summed E-state index contributed by atoms with van der Waals surface area (Å²) >= 11 is 0. The lowest BCUT2D eigenvalue weighted by Gasteiger charge is -2.23. The Hall–Kier alpha value is -0.170. The summed E-state index contributed by atoms with van der Waals surface area (Å²) in [5.74, 6) is 1.18. The van der Waals surface area contributed by atoms with Crippen LogP contribution in [0.2, 0.25) is 0 Å². The van der Waals surface area contributed by atoms with Crippen molar-refractivity contribution in [2.45, 2.75) is 58.0 Å². The predicted octanol–water partition coefficient (Wildman–Crippen LogP) is 1.33. The average molecular weight is 303 g/mol. The maximum absolute atomic E-state index is 12.3. The lowest BCUT2D eigenvalue weighted by molar-refractivity contribution is 0.411. The van der Waals surface area contributed by atoms with Crippen molar-refractivity contribution < 1.29 is 8.42 Å². The molecular weight excluding hydrogens is 274 g/mol. The third kappa shape index (κ3) is 4.98. The van der Waals surface area contributed by atoms with E-state index in [0.717, 1.165) is 13.0 Å². The highest BCUT2D eigenvalue weighted by atomic mass is 32.2. The molecule has 0 spiro atoms. The third-order valence-corrected chi connectivity index (χ3v) is 5.73. The van der Waals surface area contributed by atoms with Crippen molar-refractivity contribution in [3.05, 3.63) is 0 Å². The maximum Gasteiger partial charge on any atom is 0.279 e. The van der Waals surface area contributed by atoms with Gasteiger partial charge in [-0.15, -0.1) is 0 Å². The Bertz CT molecular complexity index is 391. The van der Waals surface area contributed by atoms with Crippen LogP contribution >= 0.6 is 0 Å². The molecule has 2 N–H and O–H groups in total. The zero-order valence-electron chi connectivity index (χ0n) is 12.9. The first kappa shape index (κ1) is 16.2. The quantitative estimate of drug-likeness (QED) is 0.599. The van der Waals surface area contributed by atoms with Crippen LogP contribution < -0.4 is 10.0 Å². The SMILES string of the molecule is CC(C)NCCCN(C)S(=O)(=O)NC(C1CC1)C1CC1. The summed E-state index contributed by atoms with van der Waals surface area (Å²) in [6.45, 7) is 5.61. The monoisotopic (exact) mass is 303 g/mol. The standard InChI is InChI=1S/C14H29N3O2S/c1-11(2)15-9-4-10-17(3)20(18,19)16-14(12-5-6-12)13-7-8-13/h11-16H,4-10H2,1-3H3. The van der Waals surface area contributed by atoms with E-state index >= 15 is 0 Å². The lowest BCUT2D eigenvalue weighted by atomic mass is 10.1. The van der Waals surface area contributed by atoms with E-state index in [0.29, 0.717) is 24.4 Å². The van der Waals surface area contributed by atoms with Crippen LogP contribution in [0, 0.1) is 11.8 Å². The van der Waals surface area contributed by atoms with Crippen LogP contribution in [-0.2, 0) is 10.2 Å². The summed E-state index contributed by atoms with van der Waals surface area (Å²) in [4.78, 5) is 0. The largest absolute Gasteiger partial charge is 0.314 e. The molecule has 0 amide bonds. The number of hydrogen-bond donors (Lipinski definition) is 2. The summed E-state index contributed by atoms with van der Waals surface area (Å²) in [6, 6.07) is 0.639. The van der Waals surface area contributed by atoms with Gasteiger partial charge >= 0.3 is 0 Å². The highest BCUT2D eigenvalue weighted by Gasteiger charge is 2.43. The Balaban J connectivity index is 1.76. The van der Waals surface area contributed by atoms with Crippen molar-refractivity contribution in [1.29, 1.82) is 0 Å². The van der Waals surface area contributed by atoms with Gasteiger partial charge in [0.25, 0.3) is 10.2 Å². The van der Waals surface area contributed by atoms with Gasteiger partial charge in [-0.2, -0.15) is 17.4 Å². The fourth-order valence-electron chi connectivity index (χ4n) is 2.56. The highest BCUT2D eigenvalue weighted by molar-refractivity contribution is 7.87. The molecule has 0 radical (unpaired) electrons. The first-order valence-corrected chi connectivity index (χ1v) is 9.31. The molecule has 0 unspecified atom stereocenters. The zero-order chi connectivity index (χ0) is 14.8. The Labute approximate surface area is 123 Å². The first-order chi connectivity index (χ1) is 9.40. The molecule has 0 aromatic heterocycles. The first-order valence-electron chi connectivity index (χ1n) is 7.87. The van der Waals surface area contributed by atoms with Crippen molar-refractivity contribution in [3.63, 3.8) is 0 Å². The number of rotatable bonds is 10. The van der Waals surface area contributed by atoms with Crippen LogP contribution in [0.4, 0.5) is 0 Å². The van der Waals surface area contributed by atoms with Crippen LogP contribution in [0.25, 0.3) is 0 Å². The van der Waals surface area contributed by atoms with E-state index in [9.17, 15) is 8.42 Å². The van der Waals surface area contributed by atoms with E-state index in [2.05, 4.69) is 23.9 Å². The van der Waals surface area contributed by atoms with Crippen LogP contribution in [0.3, 0.4) is 0 Å². The van der Waals surface area contributed by atoms with Gasteiger partial charge in [0.15, 0.2) is 0 Å². The van der Waals surface area contributed by atoms with Gasteiger partial charge in [-0.3, -0.25) is 0 Å². The van der Waals surface area contributed by atoms with Gasteiger partial charge in [0, 0.05) is 25.7 Å². The molecule has 0 heterocycles. The van der Waals surface area contributed by atoms with Crippen LogP contribution in [-0.4, -0.2) is 44.9 Å². The van der Waals surface area contributed by atoms with Crippen LogP contribution in [0.5, 0.6) is 0 Å². The normalized spacial score (nSPS) is 20.3. The minimum absolute atomic E-state index is 0.191. The molecule has 0 aliphatic heterocycles. The Kier molecular flexibility index (Phi) is 5.45. The van der Waals surface area contributed by atoms with Crippen molar-refractivity contribution in [2.75, 3.05) is 20.1 Å². The molecule has 2 fully saturated rings. The van der Waals surface area contributed by atoms with Gasteiger partial charge in [-0.1, -0.05) is 13.8 Å². The maximum atomic E-state index is 12.3. The van der Waals surface area contributed by atoms with Gasteiger partial charge < -0.3 is 5.32 Å². The summed E-state index contributed by atoms with van der Waals surface area (Å²) in [7, 11) is -1.64. The Morgan fingerprint density at radius 3 is 2.15 bits per heavy atom. The molecule has 6 heteroatoms. The fourth-order valence-corrected chi connectivity index (χ4v) is 3.84. The van der Waals surface area contributed by atoms with E-state index < -0.39 is 10.2 Å². The zero-order valence-corrected chi connectivity index (χ0v) is 13.7. The predicted molar refractivity (Wildman–Crippen MR) is 81.7 cm³/mol. The molecule has 0 aromatic rings. The molecule has 0 atom stereocenters. The minimum Gasteiger partial charge on any atom is -0.314 e. The smallest absolute Gasteiger partial charge is 0.279 e. The molecule has 0 aromatic carbocycles. The molecule has 2 aliphatic carbocycles. The number of hydrogen-bond acceptors (Lipinski definition) is 3. The molecule has 0 bridgehead atoms. The van der Waals surface area contributed by atoms with Gasteiger partial charge in [-0.05, 0) is 50.5 Å². The van der Waals surface area contributed by atoms with Crippen LogP contribution in [0.15, 0.2) is 0 Å². The molecule has 20 heavy (non-hydrogen) atoms. The second kappa shape index (κ2) is 6.73. The fraction of sp³-hybridized carbons (Fsp3) is 1.00. The average Bonchev–Trinajstić information content (AvgIpc) is 3.24. The lowest BCUT2D eigenvalue weighted by Crippen LogP contribution is -2.46. The molecule has 5 nitrogen and oxygen atoms in total. The highest BCUT2D eigenvalue weighted by Crippen LogP contribution is 2.44. The molecule has 2 saturated carbocycles. The molecule has 118 valence electrons. The van der Waals surface area contributed by atoms with E-state index in [4.69, 9.17) is 0 Å². The summed E-state index contributed by atoms with van der Waals surface area (Å²) in [5, 5.41) is 3.31. The molecule has 0 saturated heterocycles. The summed E-state index contributed by atoms with van der Waals surface area (Å²) < 4.78 is 29.1. The van der Waals surface area contributed by atoms with Gasteiger partial charge in [0.05, 0.1) is 0 Å². The second-order valence-electron chi connectivity index (χ2n) is 6.61. The summed E-state index contributed by atoms with van der Waals surface area (Å²) in [6.07, 6.45) is 5.59. The Morgan fingerprint density at radius 2 is 1.70 bits per heavy atom. The molecular formula is C14H29N3O2S. The van der Waals surface area contributed by atoms with Crippen molar-refractivity contribution in [2.24, 2.45) is 11.8 Å². The Morgan fingerprint density at radius 1 is 1.15 bits per heavy atom. The molecule has 2 aliphatic rings. The topological polar surface area (TPSA) is 61.4 Å². The van der Waals surface area contributed by atoms with E-state index in [1.165, 1.54) is 30.0 Å². The van der Waals surface area contributed by atoms with Gasteiger partial charge in [-0.25, -0.2) is 0 Å². The van der Waals surface area contributed by atoms with E-state index in [1.54, 1.807) is 7.05 Å². The van der Waals surface area contributed by atoms with Crippen LogP contribution in [0.1, 0.15) is 46.0 Å². The van der Waals surface area contributed by atoms with Gasteiger partial charge in [0.2, 0.25) is 0 Å².